The molecule has 134 valence electrons. The Balaban J connectivity index is 4.13. The molecular formula is C19H39I2N. The molecule has 3 heteroatoms. The highest BCUT2D eigenvalue weighted by atomic mass is 127. The highest BCUT2D eigenvalue weighted by Crippen LogP contribution is 2.38. The first-order valence-electron chi connectivity index (χ1n) is 9.29. The van der Waals surface area contributed by atoms with Gasteiger partial charge in [-0.15, -0.1) is 0 Å². The molecular weight excluding hydrogens is 496 g/mol. The lowest BCUT2D eigenvalue weighted by atomic mass is 10.0. The van der Waals surface area contributed by atoms with Crippen molar-refractivity contribution in [2.24, 2.45) is 11.8 Å². The molecule has 0 amide bonds. The summed E-state index contributed by atoms with van der Waals surface area (Å²) < 4.78 is 0.489. The maximum Gasteiger partial charge on any atom is 0.0734 e. The Labute approximate surface area is 168 Å². The first-order valence-corrected chi connectivity index (χ1v) is 11.5. The van der Waals surface area contributed by atoms with Crippen LogP contribution in [0.2, 0.25) is 0 Å². The number of unbranched alkanes of at least 4 members (excludes halogenated alkanes) is 1. The zero-order chi connectivity index (χ0) is 17.2. The third-order valence-electron chi connectivity index (χ3n) is 4.25. The lowest BCUT2D eigenvalue weighted by molar-refractivity contribution is 0.166. The molecule has 0 aromatic rings. The Hall–Kier alpha value is 1.42. The van der Waals surface area contributed by atoms with Crippen LogP contribution in [0.4, 0.5) is 0 Å². The van der Waals surface area contributed by atoms with Crippen LogP contribution in [-0.4, -0.2) is 25.5 Å². The van der Waals surface area contributed by atoms with E-state index in [2.05, 4.69) is 91.6 Å². The standard InChI is InChI=1S/C19H39I2N/c1-7-12-19(20,21)13-9-8-10-18(6)22(15-17(4)5)14-11-16(2)3/h16-18H,7-15H2,1-6H3. The molecule has 22 heavy (non-hydrogen) atoms. The molecule has 0 aliphatic carbocycles. The van der Waals surface area contributed by atoms with Crippen LogP contribution in [0, 0.1) is 11.8 Å². The molecule has 1 unspecified atom stereocenters. The van der Waals surface area contributed by atoms with E-state index >= 15 is 0 Å². The quantitative estimate of drug-likeness (QED) is 0.136. The van der Waals surface area contributed by atoms with Crippen LogP contribution in [0.5, 0.6) is 0 Å². The van der Waals surface area contributed by atoms with Gasteiger partial charge in [0, 0.05) is 12.6 Å². The minimum Gasteiger partial charge on any atom is -0.300 e. The predicted molar refractivity (Wildman–Crippen MR) is 119 cm³/mol. The molecule has 0 saturated heterocycles. The van der Waals surface area contributed by atoms with Gasteiger partial charge in [0.1, 0.15) is 0 Å². The molecule has 1 atom stereocenters. The summed E-state index contributed by atoms with van der Waals surface area (Å²) in [5, 5.41) is 0. The topological polar surface area (TPSA) is 3.24 Å². The normalized spacial score (nSPS) is 14.3. The fourth-order valence-corrected chi connectivity index (χ4v) is 4.72. The summed E-state index contributed by atoms with van der Waals surface area (Å²) in [6.45, 7) is 16.6. The highest BCUT2D eigenvalue weighted by molar-refractivity contribution is 14.2. The molecule has 0 spiro atoms. The summed E-state index contributed by atoms with van der Waals surface area (Å²) in [5.74, 6) is 1.59. The lowest BCUT2D eigenvalue weighted by Crippen LogP contribution is -2.37. The third kappa shape index (κ3) is 12.8. The van der Waals surface area contributed by atoms with Crippen LogP contribution in [0.15, 0.2) is 0 Å². The summed E-state index contributed by atoms with van der Waals surface area (Å²) in [5.41, 5.74) is 0. The molecule has 0 N–H and O–H groups in total. The minimum absolute atomic E-state index is 0.489. The fraction of sp³-hybridized carbons (Fsp3) is 1.00. The van der Waals surface area contributed by atoms with E-state index in [1.807, 2.05) is 0 Å². The van der Waals surface area contributed by atoms with Crippen LogP contribution in [-0.2, 0) is 0 Å². The van der Waals surface area contributed by atoms with Gasteiger partial charge in [0.15, 0.2) is 0 Å². The van der Waals surface area contributed by atoms with E-state index < -0.39 is 0 Å². The van der Waals surface area contributed by atoms with E-state index in [0.29, 0.717) is 1.43 Å². The van der Waals surface area contributed by atoms with Crippen LogP contribution in [0.25, 0.3) is 0 Å². The molecule has 0 saturated carbocycles. The predicted octanol–water partition coefficient (Wildman–Crippen LogP) is 7.31. The molecule has 0 aliphatic heterocycles. The second-order valence-corrected chi connectivity index (χ2v) is 14.0. The minimum atomic E-state index is 0.489. The maximum atomic E-state index is 2.73. The molecule has 1 nitrogen and oxygen atoms in total. The monoisotopic (exact) mass is 535 g/mol. The van der Waals surface area contributed by atoms with Crippen LogP contribution >= 0.6 is 45.2 Å². The SMILES string of the molecule is CCCC(I)(I)CCCCC(C)N(CCC(C)C)CC(C)C. The Kier molecular flexibility index (Phi) is 13.6. The van der Waals surface area contributed by atoms with Crippen molar-refractivity contribution in [3.63, 3.8) is 0 Å². The van der Waals surface area contributed by atoms with Crippen molar-refractivity contribution >= 4 is 45.2 Å². The summed E-state index contributed by atoms with van der Waals surface area (Å²) in [4.78, 5) is 2.73. The third-order valence-corrected chi connectivity index (χ3v) is 6.40. The highest BCUT2D eigenvalue weighted by Gasteiger charge is 2.21. The first-order chi connectivity index (χ1) is 10.2. The summed E-state index contributed by atoms with van der Waals surface area (Å²) in [7, 11) is 0. The number of halogens is 2. The average Bonchev–Trinajstić information content (AvgIpc) is 2.38. The maximum absolute atomic E-state index is 2.73. The smallest absolute Gasteiger partial charge is 0.0734 e. The van der Waals surface area contributed by atoms with E-state index in [4.69, 9.17) is 0 Å². The molecule has 0 rings (SSSR count). The first kappa shape index (κ1) is 23.4. The largest absolute Gasteiger partial charge is 0.300 e. The summed E-state index contributed by atoms with van der Waals surface area (Å²) in [6, 6.07) is 0.741. The van der Waals surface area contributed by atoms with Gasteiger partial charge in [-0.2, -0.15) is 0 Å². The van der Waals surface area contributed by atoms with Crippen LogP contribution < -0.4 is 0 Å². The Morgan fingerprint density at radius 1 is 0.864 bits per heavy atom. The van der Waals surface area contributed by atoms with Gasteiger partial charge < -0.3 is 4.90 Å². The number of rotatable bonds is 13. The molecule has 0 fully saturated rings. The molecule has 0 aromatic heterocycles. The molecule has 0 aromatic carbocycles. The average molecular weight is 535 g/mol. The van der Waals surface area contributed by atoms with Crippen molar-refractivity contribution in [2.75, 3.05) is 13.1 Å². The van der Waals surface area contributed by atoms with Gasteiger partial charge in [0.05, 0.1) is 1.43 Å². The van der Waals surface area contributed by atoms with E-state index in [0.717, 1.165) is 17.9 Å². The van der Waals surface area contributed by atoms with Gasteiger partial charge in [-0.3, -0.25) is 0 Å². The van der Waals surface area contributed by atoms with Crippen molar-refractivity contribution < 1.29 is 0 Å². The van der Waals surface area contributed by atoms with Gasteiger partial charge in [0.25, 0.3) is 0 Å². The van der Waals surface area contributed by atoms with Crippen molar-refractivity contribution in [3.8, 4) is 0 Å². The zero-order valence-corrected chi connectivity index (χ0v) is 20.1. The lowest BCUT2D eigenvalue weighted by Gasteiger charge is -2.31. The van der Waals surface area contributed by atoms with Gasteiger partial charge in [0.2, 0.25) is 0 Å². The molecule has 0 aliphatic rings. The van der Waals surface area contributed by atoms with Crippen molar-refractivity contribution in [3.05, 3.63) is 0 Å². The van der Waals surface area contributed by atoms with Gasteiger partial charge >= 0.3 is 0 Å². The van der Waals surface area contributed by atoms with Crippen molar-refractivity contribution in [1.29, 1.82) is 0 Å². The molecule has 0 radical (unpaired) electrons. The van der Waals surface area contributed by atoms with Crippen LogP contribution in [0.1, 0.15) is 86.5 Å². The van der Waals surface area contributed by atoms with E-state index in [9.17, 15) is 0 Å². The molecule has 0 heterocycles. The number of hydrogen-bond donors (Lipinski definition) is 0. The Bertz CT molecular complexity index is 264. The van der Waals surface area contributed by atoms with Crippen molar-refractivity contribution in [1.82, 2.24) is 4.90 Å². The van der Waals surface area contributed by atoms with Gasteiger partial charge in [-0.05, 0) is 51.0 Å². The Morgan fingerprint density at radius 2 is 1.50 bits per heavy atom. The molecule has 0 bridgehead atoms. The van der Waals surface area contributed by atoms with E-state index in [1.165, 1.54) is 58.0 Å². The fourth-order valence-electron chi connectivity index (χ4n) is 2.88. The van der Waals surface area contributed by atoms with Crippen LogP contribution in [0.3, 0.4) is 0 Å². The Morgan fingerprint density at radius 3 is 2.00 bits per heavy atom. The van der Waals surface area contributed by atoms with Gasteiger partial charge in [-0.1, -0.05) is 99.1 Å². The van der Waals surface area contributed by atoms with E-state index in [1.54, 1.807) is 0 Å². The number of hydrogen-bond acceptors (Lipinski definition) is 1. The number of alkyl halides is 2. The number of nitrogens with zero attached hydrogens (tertiary/aromatic N) is 1. The summed E-state index contributed by atoms with van der Waals surface area (Å²) in [6.07, 6.45) is 9.48. The zero-order valence-electron chi connectivity index (χ0n) is 15.8. The van der Waals surface area contributed by atoms with Crippen molar-refractivity contribution in [2.45, 2.75) is 94.0 Å². The second-order valence-electron chi connectivity index (χ2n) is 7.77. The second kappa shape index (κ2) is 12.7. The van der Waals surface area contributed by atoms with Gasteiger partial charge in [-0.25, -0.2) is 0 Å². The summed E-state index contributed by atoms with van der Waals surface area (Å²) >= 11 is 5.32. The van der Waals surface area contributed by atoms with E-state index in [-0.39, 0.29) is 0 Å².